The zero-order valence-corrected chi connectivity index (χ0v) is 11.1. The van der Waals surface area contributed by atoms with Crippen molar-refractivity contribution >= 4 is 11.8 Å². The van der Waals surface area contributed by atoms with Crippen LogP contribution in [0.2, 0.25) is 0 Å². The topological polar surface area (TPSA) is 26.0 Å². The molecule has 18 heavy (non-hydrogen) atoms. The molecule has 0 aliphatic heterocycles. The maximum Gasteiger partial charge on any atom is 0.123 e. The third-order valence-corrected chi connectivity index (χ3v) is 3.83. The average molecular weight is 261 g/mol. The Labute approximate surface area is 111 Å². The van der Waals surface area contributed by atoms with E-state index in [4.69, 9.17) is 5.73 Å². The van der Waals surface area contributed by atoms with Gasteiger partial charge in [-0.2, -0.15) is 0 Å². The van der Waals surface area contributed by atoms with E-state index in [1.54, 1.807) is 23.9 Å². The Morgan fingerprint density at radius 1 is 1.17 bits per heavy atom. The van der Waals surface area contributed by atoms with E-state index in [-0.39, 0.29) is 11.9 Å². The second-order valence-corrected chi connectivity index (χ2v) is 5.38. The average Bonchev–Trinajstić information content (AvgIpc) is 2.37. The van der Waals surface area contributed by atoms with Gasteiger partial charge in [-0.25, -0.2) is 4.39 Å². The fourth-order valence-electron chi connectivity index (χ4n) is 1.70. The molecule has 94 valence electrons. The lowest BCUT2D eigenvalue weighted by atomic mass is 10.1. The van der Waals surface area contributed by atoms with Gasteiger partial charge in [-0.3, -0.25) is 0 Å². The van der Waals surface area contributed by atoms with Gasteiger partial charge in [0, 0.05) is 16.7 Å². The molecule has 0 bridgehead atoms. The monoisotopic (exact) mass is 261 g/mol. The summed E-state index contributed by atoms with van der Waals surface area (Å²) in [5, 5.41) is 0. The highest BCUT2D eigenvalue weighted by Gasteiger charge is 2.06. The smallest absolute Gasteiger partial charge is 0.123 e. The molecule has 0 radical (unpaired) electrons. The summed E-state index contributed by atoms with van der Waals surface area (Å²) in [5.74, 6) is 0.562. The fraction of sp³-hybridized carbons (Fsp3) is 0.200. The molecule has 0 aliphatic rings. The van der Waals surface area contributed by atoms with E-state index >= 15 is 0 Å². The molecule has 0 fully saturated rings. The van der Waals surface area contributed by atoms with Crippen molar-refractivity contribution in [3.05, 3.63) is 65.5 Å². The van der Waals surface area contributed by atoms with Gasteiger partial charge in [0.15, 0.2) is 0 Å². The largest absolute Gasteiger partial charge is 0.323 e. The SMILES string of the molecule is Cc1cccc(SCC(N)c2ccc(F)cc2)c1. The summed E-state index contributed by atoms with van der Waals surface area (Å²) in [4.78, 5) is 1.22. The van der Waals surface area contributed by atoms with Gasteiger partial charge in [-0.1, -0.05) is 29.8 Å². The van der Waals surface area contributed by atoms with Gasteiger partial charge in [-0.05, 0) is 36.8 Å². The number of halogens is 1. The number of hydrogen-bond donors (Lipinski definition) is 1. The minimum Gasteiger partial charge on any atom is -0.323 e. The lowest BCUT2D eigenvalue weighted by Gasteiger charge is -2.11. The molecular formula is C15H16FNS. The molecule has 3 heteroatoms. The molecule has 0 spiro atoms. The zero-order chi connectivity index (χ0) is 13.0. The molecule has 0 amide bonds. The number of aryl methyl sites for hydroxylation is 1. The summed E-state index contributed by atoms with van der Waals surface area (Å²) in [7, 11) is 0. The standard InChI is InChI=1S/C15H16FNS/c1-11-3-2-4-14(9-11)18-10-15(17)12-5-7-13(16)8-6-12/h2-9,15H,10,17H2,1H3. The van der Waals surface area contributed by atoms with Crippen LogP contribution in [0.1, 0.15) is 17.2 Å². The molecule has 2 rings (SSSR count). The minimum atomic E-state index is -0.225. The molecular weight excluding hydrogens is 245 g/mol. The first-order chi connectivity index (χ1) is 8.65. The number of hydrogen-bond acceptors (Lipinski definition) is 2. The highest BCUT2D eigenvalue weighted by molar-refractivity contribution is 7.99. The van der Waals surface area contributed by atoms with Crippen LogP contribution in [0.5, 0.6) is 0 Å². The molecule has 0 saturated heterocycles. The Morgan fingerprint density at radius 2 is 1.89 bits per heavy atom. The van der Waals surface area contributed by atoms with Crippen molar-refractivity contribution in [2.24, 2.45) is 5.73 Å². The Balaban J connectivity index is 1.96. The molecule has 0 aliphatic carbocycles. The first-order valence-electron chi connectivity index (χ1n) is 5.85. The van der Waals surface area contributed by atoms with Crippen molar-refractivity contribution in [3.8, 4) is 0 Å². The van der Waals surface area contributed by atoms with E-state index in [0.717, 1.165) is 11.3 Å². The summed E-state index contributed by atoms with van der Waals surface area (Å²) in [6, 6.07) is 14.7. The number of benzene rings is 2. The molecule has 0 heterocycles. The van der Waals surface area contributed by atoms with Crippen LogP contribution in [0.3, 0.4) is 0 Å². The van der Waals surface area contributed by atoms with Gasteiger partial charge in [0.2, 0.25) is 0 Å². The van der Waals surface area contributed by atoms with Crippen molar-refractivity contribution in [2.75, 3.05) is 5.75 Å². The second kappa shape index (κ2) is 6.03. The first-order valence-corrected chi connectivity index (χ1v) is 6.84. The van der Waals surface area contributed by atoms with Crippen LogP contribution in [0.15, 0.2) is 53.4 Å². The predicted octanol–water partition coefficient (Wildman–Crippen LogP) is 3.93. The van der Waals surface area contributed by atoms with Gasteiger partial charge in [0.1, 0.15) is 5.82 Å². The van der Waals surface area contributed by atoms with E-state index in [9.17, 15) is 4.39 Å². The van der Waals surface area contributed by atoms with Crippen LogP contribution < -0.4 is 5.73 Å². The minimum absolute atomic E-state index is 0.0730. The van der Waals surface area contributed by atoms with E-state index in [1.807, 2.05) is 6.07 Å². The van der Waals surface area contributed by atoms with E-state index in [2.05, 4.69) is 25.1 Å². The highest BCUT2D eigenvalue weighted by atomic mass is 32.2. The third-order valence-electron chi connectivity index (χ3n) is 2.72. The van der Waals surface area contributed by atoms with Crippen molar-refractivity contribution in [1.29, 1.82) is 0 Å². The number of rotatable bonds is 4. The predicted molar refractivity (Wildman–Crippen MR) is 75.2 cm³/mol. The van der Waals surface area contributed by atoms with Gasteiger partial charge in [-0.15, -0.1) is 11.8 Å². The summed E-state index contributed by atoms with van der Waals surface area (Å²) in [5.41, 5.74) is 8.30. The number of nitrogens with two attached hydrogens (primary N) is 1. The molecule has 2 aromatic rings. The quantitative estimate of drug-likeness (QED) is 0.844. The van der Waals surface area contributed by atoms with Crippen LogP contribution in [0.4, 0.5) is 4.39 Å². The van der Waals surface area contributed by atoms with Gasteiger partial charge < -0.3 is 5.73 Å². The molecule has 0 saturated carbocycles. The fourth-order valence-corrected chi connectivity index (χ4v) is 2.71. The van der Waals surface area contributed by atoms with Crippen LogP contribution in [-0.4, -0.2) is 5.75 Å². The zero-order valence-electron chi connectivity index (χ0n) is 10.3. The first kappa shape index (κ1) is 13.1. The molecule has 1 unspecified atom stereocenters. The summed E-state index contributed by atoms with van der Waals surface area (Å²) < 4.78 is 12.8. The van der Waals surface area contributed by atoms with Gasteiger partial charge in [0.05, 0.1) is 0 Å². The normalized spacial score (nSPS) is 12.4. The molecule has 2 N–H and O–H groups in total. The Bertz CT molecular complexity index is 510. The molecule has 1 atom stereocenters. The number of thioether (sulfide) groups is 1. The Hall–Kier alpha value is -1.32. The summed E-state index contributed by atoms with van der Waals surface area (Å²) in [6.07, 6.45) is 0. The van der Waals surface area contributed by atoms with Crippen LogP contribution in [0, 0.1) is 12.7 Å². The van der Waals surface area contributed by atoms with Crippen LogP contribution in [0.25, 0.3) is 0 Å². The van der Waals surface area contributed by atoms with E-state index < -0.39 is 0 Å². The molecule has 1 nitrogen and oxygen atoms in total. The second-order valence-electron chi connectivity index (χ2n) is 4.29. The maximum absolute atomic E-state index is 12.8. The van der Waals surface area contributed by atoms with Gasteiger partial charge >= 0.3 is 0 Å². The lowest BCUT2D eigenvalue weighted by molar-refractivity contribution is 0.626. The van der Waals surface area contributed by atoms with Crippen molar-refractivity contribution in [2.45, 2.75) is 17.9 Å². The van der Waals surface area contributed by atoms with Crippen LogP contribution in [-0.2, 0) is 0 Å². The third kappa shape index (κ3) is 3.59. The lowest BCUT2D eigenvalue weighted by Crippen LogP contribution is -2.12. The molecule has 0 aromatic heterocycles. The summed E-state index contributed by atoms with van der Waals surface area (Å²) in [6.45, 7) is 2.07. The van der Waals surface area contributed by atoms with Crippen LogP contribution >= 0.6 is 11.8 Å². The van der Waals surface area contributed by atoms with Crippen molar-refractivity contribution < 1.29 is 4.39 Å². The van der Waals surface area contributed by atoms with E-state index in [0.29, 0.717) is 0 Å². The Kier molecular flexibility index (Phi) is 4.39. The summed E-state index contributed by atoms with van der Waals surface area (Å²) >= 11 is 1.72. The van der Waals surface area contributed by atoms with E-state index in [1.165, 1.54) is 22.6 Å². The van der Waals surface area contributed by atoms with Gasteiger partial charge in [0.25, 0.3) is 0 Å². The highest BCUT2D eigenvalue weighted by Crippen LogP contribution is 2.24. The Morgan fingerprint density at radius 3 is 2.56 bits per heavy atom. The van der Waals surface area contributed by atoms with Crippen molar-refractivity contribution in [3.63, 3.8) is 0 Å². The van der Waals surface area contributed by atoms with Crippen molar-refractivity contribution in [1.82, 2.24) is 0 Å². The molecule has 2 aromatic carbocycles. The maximum atomic E-state index is 12.8.